The summed E-state index contributed by atoms with van der Waals surface area (Å²) < 4.78 is 1.73. The van der Waals surface area contributed by atoms with E-state index in [-0.39, 0.29) is 28.8 Å². The Labute approximate surface area is 206 Å². The van der Waals surface area contributed by atoms with Crippen LogP contribution in [0.15, 0.2) is 51.5 Å². The Balaban J connectivity index is 1.53. The van der Waals surface area contributed by atoms with E-state index in [1.54, 1.807) is 29.1 Å². The van der Waals surface area contributed by atoms with E-state index < -0.39 is 29.2 Å². The minimum atomic E-state index is -1.24. The Morgan fingerprint density at radius 1 is 1.49 bits per heavy atom. The lowest BCUT2D eigenvalue weighted by molar-refractivity contribution is -0.689. The average Bonchev–Trinajstić information content (AvgIpc) is 3.26. The maximum atomic E-state index is 12.9. The summed E-state index contributed by atoms with van der Waals surface area (Å²) in [6.45, 7) is 0.213. The number of nitrogens with two attached hydrogens (primary N) is 1. The second kappa shape index (κ2) is 10.1. The van der Waals surface area contributed by atoms with Gasteiger partial charge < -0.3 is 26.2 Å². The molecule has 0 aliphatic carbocycles. The van der Waals surface area contributed by atoms with Crippen LogP contribution in [0.5, 0.6) is 0 Å². The van der Waals surface area contributed by atoms with Gasteiger partial charge in [-0.05, 0) is 6.07 Å². The molecule has 35 heavy (non-hydrogen) atoms. The van der Waals surface area contributed by atoms with Crippen molar-refractivity contribution < 1.29 is 34.1 Å². The zero-order chi connectivity index (χ0) is 25.1. The lowest BCUT2D eigenvalue weighted by atomic mass is 10.0. The summed E-state index contributed by atoms with van der Waals surface area (Å²) in [5, 5.41) is 29.1. The van der Waals surface area contributed by atoms with Crippen LogP contribution >= 0.6 is 23.1 Å². The monoisotopic (exact) mass is 518 g/mol. The molecule has 0 saturated carbocycles. The summed E-state index contributed by atoms with van der Waals surface area (Å²) in [7, 11) is 1.27. The number of amides is 2. The van der Waals surface area contributed by atoms with Crippen LogP contribution in [0.25, 0.3) is 0 Å². The molecule has 5 N–H and O–H groups in total. The van der Waals surface area contributed by atoms with E-state index in [0.29, 0.717) is 16.9 Å². The number of oxime groups is 2. The first-order valence-electron chi connectivity index (χ1n) is 10.0. The molecular weight excluding hydrogens is 498 g/mol. The topological polar surface area (TPSA) is 184 Å². The van der Waals surface area contributed by atoms with Crippen molar-refractivity contribution >= 4 is 57.9 Å². The zero-order valence-electron chi connectivity index (χ0n) is 18.2. The largest absolute Gasteiger partial charge is 0.477 e. The van der Waals surface area contributed by atoms with Gasteiger partial charge in [-0.1, -0.05) is 10.3 Å². The Kier molecular flexibility index (Phi) is 6.97. The molecule has 0 radical (unpaired) electrons. The number of carboxylic acids is 1. The molecule has 1 unspecified atom stereocenters. The number of anilines is 1. The molecule has 2 aromatic heterocycles. The van der Waals surface area contributed by atoms with Crippen LogP contribution < -0.4 is 15.6 Å². The van der Waals surface area contributed by atoms with Crippen LogP contribution in [0.3, 0.4) is 0 Å². The molecule has 13 nitrogen and oxygen atoms in total. The first-order chi connectivity index (χ1) is 16.8. The smallest absolute Gasteiger partial charge is 0.352 e. The van der Waals surface area contributed by atoms with Crippen molar-refractivity contribution in [3.63, 3.8) is 0 Å². The Hall–Kier alpha value is -3.98. The van der Waals surface area contributed by atoms with Crippen molar-refractivity contribution in [3.05, 3.63) is 52.4 Å². The molecule has 0 aromatic carbocycles. The van der Waals surface area contributed by atoms with Crippen molar-refractivity contribution in [2.24, 2.45) is 10.3 Å². The molecule has 2 amide bonds. The molecule has 2 aromatic rings. The van der Waals surface area contributed by atoms with Gasteiger partial charge in [-0.25, -0.2) is 14.3 Å². The molecule has 0 bridgehead atoms. The number of pyridine rings is 1. The van der Waals surface area contributed by atoms with Crippen LogP contribution in [0, 0.1) is 0 Å². The highest BCUT2D eigenvalue weighted by Gasteiger charge is 2.54. The number of thiazole rings is 1. The molecule has 1 saturated heterocycles. The summed E-state index contributed by atoms with van der Waals surface area (Å²) >= 11 is 2.46. The molecule has 2 atom stereocenters. The Bertz CT molecular complexity index is 1270. The minimum absolute atomic E-state index is 0.115. The number of fused-ring (bicyclic) bond motifs is 1. The van der Waals surface area contributed by atoms with Crippen LogP contribution in [0.4, 0.5) is 5.13 Å². The number of aliphatic carboxylic acids is 1. The zero-order valence-corrected chi connectivity index (χ0v) is 19.8. The number of β-lactam (4-membered cyclic amide) rings is 1. The molecular formula is C20H20N7O6S2+. The van der Waals surface area contributed by atoms with Gasteiger partial charge in [-0.15, -0.1) is 23.1 Å². The SMILES string of the molecule is CON=C(C(=O)NC1C(=O)N2C(C(=O)O)=C(C[n+]3cccc(C=NO)c3)CS[C@@H]12)c1csc(N)n1. The number of nitrogen functional groups attached to an aromatic ring is 1. The fourth-order valence-corrected chi connectivity index (χ4v) is 5.59. The van der Waals surface area contributed by atoms with E-state index in [4.69, 9.17) is 15.8 Å². The number of hydrogen-bond donors (Lipinski definition) is 4. The van der Waals surface area contributed by atoms with Crippen LogP contribution in [0.2, 0.25) is 0 Å². The van der Waals surface area contributed by atoms with Crippen LogP contribution in [-0.2, 0) is 25.8 Å². The Morgan fingerprint density at radius 3 is 2.94 bits per heavy atom. The highest BCUT2D eigenvalue weighted by molar-refractivity contribution is 8.00. The average molecular weight is 519 g/mol. The molecule has 2 aliphatic heterocycles. The van der Waals surface area contributed by atoms with Crippen LogP contribution in [-0.4, -0.2) is 74.2 Å². The van der Waals surface area contributed by atoms with E-state index in [1.165, 1.54) is 35.4 Å². The lowest BCUT2D eigenvalue weighted by Crippen LogP contribution is -2.71. The number of rotatable bonds is 8. The van der Waals surface area contributed by atoms with Crippen molar-refractivity contribution in [1.82, 2.24) is 15.2 Å². The predicted octanol–water partition coefficient (Wildman–Crippen LogP) is -0.390. The van der Waals surface area contributed by atoms with E-state index in [0.717, 1.165) is 11.3 Å². The third kappa shape index (κ3) is 4.81. The van der Waals surface area contributed by atoms with Crippen molar-refractivity contribution in [2.75, 3.05) is 18.6 Å². The van der Waals surface area contributed by atoms with Gasteiger partial charge in [0, 0.05) is 22.8 Å². The van der Waals surface area contributed by atoms with Gasteiger partial charge in [0.25, 0.3) is 11.8 Å². The summed E-state index contributed by atoms with van der Waals surface area (Å²) in [6, 6.07) is 2.51. The van der Waals surface area contributed by atoms with Gasteiger partial charge in [-0.3, -0.25) is 14.5 Å². The fourth-order valence-electron chi connectivity index (χ4n) is 3.71. The van der Waals surface area contributed by atoms with Gasteiger partial charge in [0.15, 0.2) is 29.8 Å². The molecule has 0 spiro atoms. The highest BCUT2D eigenvalue weighted by Crippen LogP contribution is 2.40. The maximum absolute atomic E-state index is 12.9. The van der Waals surface area contributed by atoms with Crippen LogP contribution in [0.1, 0.15) is 11.3 Å². The first-order valence-corrected chi connectivity index (χ1v) is 12.0. The van der Waals surface area contributed by atoms with Gasteiger partial charge in [0.2, 0.25) is 0 Å². The minimum Gasteiger partial charge on any atom is -0.477 e. The number of aromatic nitrogens is 2. The number of hydrogen-bond acceptors (Lipinski definition) is 11. The number of nitrogens with one attached hydrogen (secondary N) is 1. The summed E-state index contributed by atoms with van der Waals surface area (Å²) in [4.78, 5) is 47.8. The number of carbonyl (C=O) groups excluding carboxylic acids is 2. The van der Waals surface area contributed by atoms with E-state index >= 15 is 0 Å². The standard InChI is InChI=1S/C20H19N7O6S2/c1-33-25-13(12-9-35-20(21)23-12)16(28)24-14-17(29)27-15(19(30)31)11(8-34-18(14)27)7-26-4-2-3-10(6-26)5-22-32/h2-6,9,14,18H,7-8H2,1H3,(H4-,21,23,24,28,30,31,32)/p+1/t14?,18-/m0/s1. The second-order valence-corrected chi connectivity index (χ2v) is 9.36. The number of carboxylic acid groups (broad SMARTS) is 1. The normalized spacial score (nSPS) is 20.0. The third-order valence-electron chi connectivity index (χ3n) is 5.16. The maximum Gasteiger partial charge on any atom is 0.352 e. The van der Waals surface area contributed by atoms with Gasteiger partial charge in [-0.2, -0.15) is 0 Å². The van der Waals surface area contributed by atoms with E-state index in [1.807, 2.05) is 0 Å². The highest BCUT2D eigenvalue weighted by atomic mass is 32.2. The van der Waals surface area contributed by atoms with Crippen molar-refractivity contribution in [1.29, 1.82) is 0 Å². The van der Waals surface area contributed by atoms with Crippen molar-refractivity contribution in [3.8, 4) is 0 Å². The van der Waals surface area contributed by atoms with E-state index in [9.17, 15) is 19.5 Å². The number of thioether (sulfide) groups is 1. The molecule has 182 valence electrons. The summed E-state index contributed by atoms with van der Waals surface area (Å²) in [5.74, 6) is -2.15. The lowest BCUT2D eigenvalue weighted by Gasteiger charge is -2.49. The molecule has 4 heterocycles. The predicted molar refractivity (Wildman–Crippen MR) is 126 cm³/mol. The number of carbonyl (C=O) groups is 3. The van der Waals surface area contributed by atoms with Gasteiger partial charge in [0.1, 0.15) is 29.9 Å². The first kappa shape index (κ1) is 24.2. The molecule has 1 fully saturated rings. The summed E-state index contributed by atoms with van der Waals surface area (Å²) in [5.41, 5.74) is 6.71. The molecule has 2 aliphatic rings. The van der Waals surface area contributed by atoms with E-state index in [2.05, 4.69) is 20.6 Å². The quantitative estimate of drug-likeness (QED) is 0.119. The van der Waals surface area contributed by atoms with Gasteiger partial charge in [0.05, 0.1) is 11.8 Å². The fraction of sp³-hybridized carbons (Fsp3) is 0.250. The van der Waals surface area contributed by atoms with Gasteiger partial charge >= 0.3 is 5.97 Å². The molecule has 15 heteroatoms. The van der Waals surface area contributed by atoms with Crippen molar-refractivity contribution in [2.45, 2.75) is 18.0 Å². The number of nitrogens with zero attached hydrogens (tertiary/aromatic N) is 5. The summed E-state index contributed by atoms with van der Waals surface area (Å²) in [6.07, 6.45) is 4.68. The second-order valence-electron chi connectivity index (χ2n) is 7.37. The molecule has 4 rings (SSSR count). The Morgan fingerprint density at radius 2 is 2.29 bits per heavy atom. The third-order valence-corrected chi connectivity index (χ3v) is 7.17.